The van der Waals surface area contributed by atoms with Gasteiger partial charge in [-0.05, 0) is 67.0 Å². The van der Waals surface area contributed by atoms with Crippen LogP contribution in [-0.2, 0) is 4.74 Å². The molecule has 2 fully saturated rings. The number of ether oxygens (including phenoxy) is 2. The highest BCUT2D eigenvalue weighted by Crippen LogP contribution is 2.45. The van der Waals surface area contributed by atoms with E-state index in [9.17, 15) is 9.59 Å². The van der Waals surface area contributed by atoms with Gasteiger partial charge in [-0.1, -0.05) is 60.7 Å². The van der Waals surface area contributed by atoms with E-state index in [-0.39, 0.29) is 35.8 Å². The Bertz CT molecular complexity index is 1240. The molecule has 5 nitrogen and oxygen atoms in total. The van der Waals surface area contributed by atoms with Gasteiger partial charge < -0.3 is 14.4 Å². The monoisotopic (exact) mass is 481 g/mol. The van der Waals surface area contributed by atoms with E-state index in [0.29, 0.717) is 31.6 Å². The summed E-state index contributed by atoms with van der Waals surface area (Å²) in [5.74, 6) is 0.857. The number of nitrogens with zero attached hydrogens (tertiary/aromatic N) is 1. The van der Waals surface area contributed by atoms with Crippen LogP contribution in [0.15, 0.2) is 72.8 Å². The Morgan fingerprint density at radius 2 is 1.50 bits per heavy atom. The van der Waals surface area contributed by atoms with Gasteiger partial charge in [0.1, 0.15) is 12.4 Å². The molecule has 2 atom stereocenters. The lowest BCUT2D eigenvalue weighted by Gasteiger charge is -2.37. The van der Waals surface area contributed by atoms with Crippen molar-refractivity contribution < 1.29 is 19.1 Å². The van der Waals surface area contributed by atoms with Crippen LogP contribution in [0.2, 0.25) is 0 Å². The number of Topliss-reactive ketones (excluding diaryl/α,β-unsaturated/α-hetero) is 1. The summed E-state index contributed by atoms with van der Waals surface area (Å²) < 4.78 is 11.5. The van der Waals surface area contributed by atoms with Crippen LogP contribution in [0, 0.1) is 5.92 Å². The van der Waals surface area contributed by atoms with Gasteiger partial charge in [-0.2, -0.15) is 0 Å². The summed E-state index contributed by atoms with van der Waals surface area (Å²) in [6.07, 6.45) is 3.00. The highest BCUT2D eigenvalue weighted by molar-refractivity contribution is 5.98. The van der Waals surface area contributed by atoms with Crippen molar-refractivity contribution in [2.75, 3.05) is 13.2 Å². The van der Waals surface area contributed by atoms with Gasteiger partial charge in [0.05, 0.1) is 6.61 Å². The number of fused-ring (bicyclic) bond motifs is 5. The summed E-state index contributed by atoms with van der Waals surface area (Å²) in [7, 11) is 0. The van der Waals surface area contributed by atoms with E-state index in [4.69, 9.17) is 9.47 Å². The smallest absolute Gasteiger partial charge is 0.410 e. The average Bonchev–Trinajstić information content (AvgIpc) is 3.37. The molecule has 2 bridgehead atoms. The fourth-order valence-corrected chi connectivity index (χ4v) is 6.50. The highest BCUT2D eigenvalue weighted by atomic mass is 16.6. The molecule has 184 valence electrons. The molecule has 2 unspecified atom stereocenters. The van der Waals surface area contributed by atoms with Gasteiger partial charge in [-0.25, -0.2) is 4.79 Å². The lowest BCUT2D eigenvalue weighted by atomic mass is 9.85. The third kappa shape index (κ3) is 3.97. The Hall–Kier alpha value is -3.60. The van der Waals surface area contributed by atoms with Gasteiger partial charge in [0.25, 0.3) is 0 Å². The van der Waals surface area contributed by atoms with Crippen LogP contribution < -0.4 is 4.74 Å². The fraction of sp³-hybridized carbons (Fsp3) is 0.355. The van der Waals surface area contributed by atoms with Gasteiger partial charge in [0.2, 0.25) is 0 Å². The number of ketones is 1. The number of carbonyl (C=O) groups excluding carboxylic acids is 2. The zero-order chi connectivity index (χ0) is 24.6. The lowest BCUT2D eigenvalue weighted by molar-refractivity contribution is 0.0506. The topological polar surface area (TPSA) is 55.8 Å². The average molecular weight is 482 g/mol. The molecule has 3 aliphatic rings. The van der Waals surface area contributed by atoms with Crippen LogP contribution in [0.5, 0.6) is 5.75 Å². The number of piperidine rings is 1. The molecule has 3 aromatic rings. The molecule has 36 heavy (non-hydrogen) atoms. The van der Waals surface area contributed by atoms with Crippen LogP contribution in [0.3, 0.4) is 0 Å². The van der Waals surface area contributed by atoms with Crippen molar-refractivity contribution in [3.63, 3.8) is 0 Å². The molecule has 1 aliphatic carbocycles. The van der Waals surface area contributed by atoms with Crippen molar-refractivity contribution in [2.45, 2.75) is 50.6 Å². The predicted octanol–water partition coefficient (Wildman–Crippen LogP) is 6.46. The van der Waals surface area contributed by atoms with Gasteiger partial charge in [0, 0.05) is 29.5 Å². The van der Waals surface area contributed by atoms with Crippen LogP contribution in [0.25, 0.3) is 11.1 Å². The second kappa shape index (κ2) is 9.45. The third-order valence-corrected chi connectivity index (χ3v) is 8.08. The molecule has 5 heteroatoms. The first-order chi connectivity index (χ1) is 17.6. The zero-order valence-corrected chi connectivity index (χ0v) is 20.6. The maximum Gasteiger partial charge on any atom is 0.410 e. The number of amides is 1. The zero-order valence-electron chi connectivity index (χ0n) is 20.6. The Balaban J connectivity index is 1.13. The molecule has 0 saturated carbocycles. The van der Waals surface area contributed by atoms with Crippen LogP contribution in [-0.4, -0.2) is 42.1 Å². The van der Waals surface area contributed by atoms with Gasteiger partial charge in [0.15, 0.2) is 5.78 Å². The van der Waals surface area contributed by atoms with Gasteiger partial charge in [-0.3, -0.25) is 4.79 Å². The first-order valence-corrected chi connectivity index (χ1v) is 13.0. The van der Waals surface area contributed by atoms with Crippen molar-refractivity contribution in [3.05, 3.63) is 89.5 Å². The predicted molar refractivity (Wildman–Crippen MR) is 138 cm³/mol. The SMILES string of the molecule is CCOc1cccc(C(=O)C2CC3CCC(C2)N3C(=O)OCC2c3ccccc3-c3ccccc32)c1. The highest BCUT2D eigenvalue weighted by Gasteiger charge is 2.46. The van der Waals surface area contributed by atoms with Crippen molar-refractivity contribution in [2.24, 2.45) is 5.92 Å². The summed E-state index contributed by atoms with van der Waals surface area (Å²) in [5, 5.41) is 0. The standard InChI is InChI=1S/C31H31NO4/c1-2-35-24-9-7-8-20(18-24)30(33)21-16-22-14-15-23(17-21)32(22)31(34)36-19-29-27-12-5-3-10-25(27)26-11-4-6-13-28(26)29/h3-13,18,21-23,29H,2,14-17,19H2,1H3. The minimum atomic E-state index is -0.242. The fourth-order valence-electron chi connectivity index (χ4n) is 6.50. The minimum Gasteiger partial charge on any atom is -0.494 e. The Morgan fingerprint density at radius 1 is 0.861 bits per heavy atom. The molecule has 2 saturated heterocycles. The van der Waals surface area contributed by atoms with Crippen LogP contribution >= 0.6 is 0 Å². The second-order valence-electron chi connectivity index (χ2n) is 10.1. The molecule has 0 radical (unpaired) electrons. The van der Waals surface area contributed by atoms with Crippen molar-refractivity contribution in [3.8, 4) is 16.9 Å². The first kappa shape index (κ1) is 22.8. The first-order valence-electron chi connectivity index (χ1n) is 13.0. The molecule has 0 spiro atoms. The second-order valence-corrected chi connectivity index (χ2v) is 10.1. The largest absolute Gasteiger partial charge is 0.494 e. The van der Waals surface area contributed by atoms with Crippen LogP contribution in [0.1, 0.15) is 60.0 Å². The van der Waals surface area contributed by atoms with Gasteiger partial charge >= 0.3 is 6.09 Å². The van der Waals surface area contributed by atoms with E-state index in [1.165, 1.54) is 22.3 Å². The molecule has 1 amide bonds. The van der Waals surface area contributed by atoms with Crippen molar-refractivity contribution >= 4 is 11.9 Å². The summed E-state index contributed by atoms with van der Waals surface area (Å²) in [5.41, 5.74) is 5.57. The maximum absolute atomic E-state index is 13.3. The Kier molecular flexibility index (Phi) is 6.00. The van der Waals surface area contributed by atoms with E-state index < -0.39 is 0 Å². The lowest BCUT2D eigenvalue weighted by Crippen LogP contribution is -2.48. The van der Waals surface area contributed by atoms with E-state index in [1.807, 2.05) is 48.2 Å². The maximum atomic E-state index is 13.3. The van der Waals surface area contributed by atoms with Crippen molar-refractivity contribution in [1.82, 2.24) is 4.90 Å². The molecule has 2 aliphatic heterocycles. The molecule has 3 aromatic carbocycles. The van der Waals surface area contributed by atoms with E-state index in [2.05, 4.69) is 36.4 Å². The van der Waals surface area contributed by atoms with Crippen LogP contribution in [0.4, 0.5) is 4.79 Å². The van der Waals surface area contributed by atoms with E-state index >= 15 is 0 Å². The summed E-state index contributed by atoms with van der Waals surface area (Å²) in [6, 6.07) is 24.3. The molecular weight excluding hydrogens is 450 g/mol. The number of rotatable bonds is 6. The molecular formula is C31H31NO4. The van der Waals surface area contributed by atoms with Crippen molar-refractivity contribution in [1.29, 1.82) is 0 Å². The quantitative estimate of drug-likeness (QED) is 0.379. The van der Waals surface area contributed by atoms with Gasteiger partial charge in [-0.15, -0.1) is 0 Å². The summed E-state index contributed by atoms with van der Waals surface area (Å²) >= 11 is 0. The minimum absolute atomic E-state index is 0.0516. The molecule has 0 N–H and O–H groups in total. The number of hydrogen-bond acceptors (Lipinski definition) is 4. The number of hydrogen-bond donors (Lipinski definition) is 0. The van der Waals surface area contributed by atoms with E-state index in [1.54, 1.807) is 0 Å². The summed E-state index contributed by atoms with van der Waals surface area (Å²) in [6.45, 7) is 2.83. The normalized spacial score (nSPS) is 22.1. The summed E-state index contributed by atoms with van der Waals surface area (Å²) in [4.78, 5) is 28.5. The van der Waals surface area contributed by atoms with E-state index in [0.717, 1.165) is 18.6 Å². The molecule has 2 heterocycles. The molecule has 0 aromatic heterocycles. The number of benzene rings is 3. The number of carbonyl (C=O) groups is 2. The Morgan fingerprint density at radius 3 is 2.14 bits per heavy atom. The molecule has 6 rings (SSSR count). The third-order valence-electron chi connectivity index (χ3n) is 8.08. The Labute approximate surface area is 212 Å².